The van der Waals surface area contributed by atoms with Crippen LogP contribution in [0.5, 0.6) is 0 Å². The minimum atomic E-state index is -1.03. The molecule has 5 nitrogen and oxygen atoms in total. The van der Waals surface area contributed by atoms with Gasteiger partial charge in [0.05, 0.1) is 0 Å². The van der Waals surface area contributed by atoms with E-state index >= 15 is 0 Å². The van der Waals surface area contributed by atoms with Gasteiger partial charge < -0.3 is 15.2 Å². The number of nitrogens with one attached hydrogen (secondary N) is 1. The lowest BCUT2D eigenvalue weighted by Crippen LogP contribution is -2.15. The third-order valence-electron chi connectivity index (χ3n) is 2.00. The maximum absolute atomic E-state index is 10.9. The molecule has 0 spiro atoms. The summed E-state index contributed by atoms with van der Waals surface area (Å²) in [5.41, 5.74) is 1.16. The van der Waals surface area contributed by atoms with Crippen LogP contribution in [0.3, 0.4) is 0 Å². The Morgan fingerprint density at radius 2 is 2.12 bits per heavy atom. The number of ether oxygens (including phenoxy) is 1. The molecule has 1 aromatic rings. The Hall–Kier alpha value is -1.88. The van der Waals surface area contributed by atoms with Crippen LogP contribution >= 0.6 is 0 Å². The SMILES string of the molecule is CCOC(C(=O)O)c1ccc(NC=O)cc1. The van der Waals surface area contributed by atoms with Crippen LogP contribution in [-0.2, 0) is 14.3 Å². The number of carboxylic acids is 1. The smallest absolute Gasteiger partial charge is 0.337 e. The number of rotatable bonds is 6. The van der Waals surface area contributed by atoms with E-state index in [1.54, 1.807) is 31.2 Å². The molecule has 0 radical (unpaired) electrons. The van der Waals surface area contributed by atoms with Crippen molar-refractivity contribution >= 4 is 18.1 Å². The first-order chi connectivity index (χ1) is 7.69. The Labute approximate surface area is 93.0 Å². The summed E-state index contributed by atoms with van der Waals surface area (Å²) < 4.78 is 5.10. The summed E-state index contributed by atoms with van der Waals surface area (Å²) >= 11 is 0. The first kappa shape index (κ1) is 12.2. The molecule has 86 valence electrons. The van der Waals surface area contributed by atoms with Gasteiger partial charge in [-0.25, -0.2) is 4.79 Å². The molecule has 0 aromatic heterocycles. The number of aliphatic carboxylic acids is 1. The molecule has 2 N–H and O–H groups in total. The van der Waals surface area contributed by atoms with E-state index in [9.17, 15) is 9.59 Å². The van der Waals surface area contributed by atoms with Gasteiger partial charge in [0.2, 0.25) is 6.41 Å². The highest BCUT2D eigenvalue weighted by molar-refractivity contribution is 5.75. The monoisotopic (exact) mass is 223 g/mol. The van der Waals surface area contributed by atoms with Crippen LogP contribution in [0, 0.1) is 0 Å². The second-order valence-corrected chi connectivity index (χ2v) is 3.06. The molecule has 1 unspecified atom stereocenters. The Bertz CT molecular complexity index is 361. The predicted molar refractivity (Wildman–Crippen MR) is 58.1 cm³/mol. The van der Waals surface area contributed by atoms with Gasteiger partial charge in [0.15, 0.2) is 6.10 Å². The van der Waals surface area contributed by atoms with Crippen LogP contribution < -0.4 is 5.32 Å². The predicted octanol–water partition coefficient (Wildman–Crippen LogP) is 1.42. The molecule has 0 fully saturated rings. The van der Waals surface area contributed by atoms with Gasteiger partial charge in [0, 0.05) is 12.3 Å². The largest absolute Gasteiger partial charge is 0.479 e. The highest BCUT2D eigenvalue weighted by atomic mass is 16.5. The Morgan fingerprint density at radius 1 is 1.50 bits per heavy atom. The first-order valence-corrected chi connectivity index (χ1v) is 4.83. The molecule has 1 atom stereocenters. The zero-order chi connectivity index (χ0) is 12.0. The van der Waals surface area contributed by atoms with Gasteiger partial charge in [-0.05, 0) is 24.6 Å². The van der Waals surface area contributed by atoms with E-state index in [2.05, 4.69) is 5.32 Å². The van der Waals surface area contributed by atoms with E-state index < -0.39 is 12.1 Å². The van der Waals surface area contributed by atoms with Crippen molar-refractivity contribution in [3.63, 3.8) is 0 Å². The maximum atomic E-state index is 10.9. The summed E-state index contributed by atoms with van der Waals surface area (Å²) in [5, 5.41) is 11.4. The quantitative estimate of drug-likeness (QED) is 0.715. The summed E-state index contributed by atoms with van der Waals surface area (Å²) in [6, 6.07) is 6.47. The van der Waals surface area contributed by atoms with Crippen molar-refractivity contribution in [3.8, 4) is 0 Å². The average molecular weight is 223 g/mol. The van der Waals surface area contributed by atoms with E-state index in [0.717, 1.165) is 0 Å². The fourth-order valence-electron chi connectivity index (χ4n) is 1.30. The zero-order valence-electron chi connectivity index (χ0n) is 8.84. The third-order valence-corrected chi connectivity index (χ3v) is 2.00. The highest BCUT2D eigenvalue weighted by Gasteiger charge is 2.19. The van der Waals surface area contributed by atoms with Crippen LogP contribution in [0.1, 0.15) is 18.6 Å². The van der Waals surface area contributed by atoms with Gasteiger partial charge in [-0.15, -0.1) is 0 Å². The number of hydrogen-bond acceptors (Lipinski definition) is 3. The fraction of sp³-hybridized carbons (Fsp3) is 0.273. The molecule has 0 heterocycles. The number of carbonyl (C=O) groups is 2. The Morgan fingerprint density at radius 3 is 2.56 bits per heavy atom. The van der Waals surface area contributed by atoms with Crippen molar-refractivity contribution in [1.29, 1.82) is 0 Å². The van der Waals surface area contributed by atoms with Crippen molar-refractivity contribution in [2.75, 3.05) is 11.9 Å². The average Bonchev–Trinajstić information content (AvgIpc) is 2.27. The highest BCUT2D eigenvalue weighted by Crippen LogP contribution is 2.19. The minimum absolute atomic E-state index is 0.325. The molecular weight excluding hydrogens is 210 g/mol. The van der Waals surface area contributed by atoms with Crippen LogP contribution in [0.2, 0.25) is 0 Å². The molecule has 0 aliphatic heterocycles. The summed E-state index contributed by atoms with van der Waals surface area (Å²) in [4.78, 5) is 21.1. The molecule has 1 aromatic carbocycles. The summed E-state index contributed by atoms with van der Waals surface area (Å²) in [6.45, 7) is 2.06. The zero-order valence-corrected chi connectivity index (χ0v) is 8.84. The van der Waals surface area contributed by atoms with Crippen LogP contribution in [0.4, 0.5) is 5.69 Å². The molecule has 0 saturated heterocycles. The fourth-order valence-corrected chi connectivity index (χ4v) is 1.30. The molecule has 1 amide bonds. The second-order valence-electron chi connectivity index (χ2n) is 3.06. The topological polar surface area (TPSA) is 75.6 Å². The number of anilines is 1. The summed E-state index contributed by atoms with van der Waals surface area (Å²) in [7, 11) is 0. The molecule has 0 saturated carbocycles. The van der Waals surface area contributed by atoms with Crippen molar-refractivity contribution in [2.45, 2.75) is 13.0 Å². The Balaban J connectivity index is 2.84. The number of hydrogen-bond donors (Lipinski definition) is 2. The lowest BCUT2D eigenvalue weighted by Gasteiger charge is -2.12. The van der Waals surface area contributed by atoms with Gasteiger partial charge in [-0.3, -0.25) is 4.79 Å². The van der Waals surface area contributed by atoms with Crippen LogP contribution in [0.15, 0.2) is 24.3 Å². The van der Waals surface area contributed by atoms with Crippen molar-refractivity contribution in [2.24, 2.45) is 0 Å². The molecule has 0 aliphatic carbocycles. The number of carbonyl (C=O) groups excluding carboxylic acids is 1. The molecule has 16 heavy (non-hydrogen) atoms. The first-order valence-electron chi connectivity index (χ1n) is 4.83. The molecule has 1 rings (SSSR count). The van der Waals surface area contributed by atoms with E-state index in [1.807, 2.05) is 0 Å². The maximum Gasteiger partial charge on any atom is 0.337 e. The van der Waals surface area contributed by atoms with Crippen LogP contribution in [0.25, 0.3) is 0 Å². The summed E-state index contributed by atoms with van der Waals surface area (Å²) in [6.07, 6.45) is -0.401. The van der Waals surface area contributed by atoms with E-state index in [4.69, 9.17) is 9.84 Å². The summed E-state index contributed by atoms with van der Waals surface area (Å²) in [5.74, 6) is -1.03. The minimum Gasteiger partial charge on any atom is -0.479 e. The molecule has 5 heteroatoms. The normalized spacial score (nSPS) is 11.8. The van der Waals surface area contributed by atoms with Gasteiger partial charge in [0.25, 0.3) is 0 Å². The van der Waals surface area contributed by atoms with E-state index in [0.29, 0.717) is 24.3 Å². The van der Waals surface area contributed by atoms with Crippen LogP contribution in [-0.4, -0.2) is 24.1 Å². The van der Waals surface area contributed by atoms with Gasteiger partial charge in [0.1, 0.15) is 0 Å². The van der Waals surface area contributed by atoms with Gasteiger partial charge >= 0.3 is 5.97 Å². The molecule has 0 bridgehead atoms. The van der Waals surface area contributed by atoms with Crippen molar-refractivity contribution in [3.05, 3.63) is 29.8 Å². The van der Waals surface area contributed by atoms with E-state index in [1.165, 1.54) is 0 Å². The van der Waals surface area contributed by atoms with Gasteiger partial charge in [-0.1, -0.05) is 12.1 Å². The standard InChI is InChI=1S/C11H13NO4/c1-2-16-10(11(14)15)8-3-5-9(6-4-8)12-7-13/h3-7,10H,2H2,1H3,(H,12,13)(H,14,15). The second kappa shape index (κ2) is 5.87. The lowest BCUT2D eigenvalue weighted by atomic mass is 10.1. The third kappa shape index (κ3) is 3.06. The Kier molecular flexibility index (Phi) is 4.47. The lowest BCUT2D eigenvalue weighted by molar-refractivity contribution is -0.150. The molecule has 0 aliphatic rings. The van der Waals surface area contributed by atoms with Crippen molar-refractivity contribution in [1.82, 2.24) is 0 Å². The van der Waals surface area contributed by atoms with Crippen molar-refractivity contribution < 1.29 is 19.4 Å². The molecular formula is C11H13NO4. The number of carboxylic acid groups (broad SMARTS) is 1. The van der Waals surface area contributed by atoms with E-state index in [-0.39, 0.29) is 0 Å². The van der Waals surface area contributed by atoms with Gasteiger partial charge in [-0.2, -0.15) is 0 Å². The number of amides is 1. The number of benzene rings is 1.